The predicted molar refractivity (Wildman–Crippen MR) is 148 cm³/mol. The number of hydrogen-bond acceptors (Lipinski definition) is 6. The molecule has 4 aliphatic rings. The number of ketones is 1. The van der Waals surface area contributed by atoms with Crippen LogP contribution >= 0.6 is 0 Å². The molecule has 0 unspecified atom stereocenters. The highest BCUT2D eigenvalue weighted by Gasteiger charge is 2.49. The summed E-state index contributed by atoms with van der Waals surface area (Å²) in [4.78, 5) is 27.1. The van der Waals surface area contributed by atoms with Crippen LogP contribution in [0.5, 0.6) is 11.5 Å². The summed E-state index contributed by atoms with van der Waals surface area (Å²) in [6.45, 7) is 4.12. The molecule has 2 atom stereocenters. The summed E-state index contributed by atoms with van der Waals surface area (Å²) in [7, 11) is 0. The lowest BCUT2D eigenvalue weighted by molar-refractivity contribution is -0.938. The van der Waals surface area contributed by atoms with Crippen molar-refractivity contribution in [3.8, 4) is 11.5 Å². The van der Waals surface area contributed by atoms with Crippen LogP contribution in [0.15, 0.2) is 78.9 Å². The summed E-state index contributed by atoms with van der Waals surface area (Å²) in [6.07, 6.45) is 2.52. The van der Waals surface area contributed by atoms with Gasteiger partial charge in [0.25, 0.3) is 0 Å². The second kappa shape index (κ2) is 12.4. The second-order valence-corrected chi connectivity index (χ2v) is 10.9. The van der Waals surface area contributed by atoms with Gasteiger partial charge < -0.3 is 41.0 Å². The van der Waals surface area contributed by atoms with E-state index in [1.54, 1.807) is 0 Å². The molecule has 7 nitrogen and oxygen atoms in total. The molecule has 0 radical (unpaired) electrons. The van der Waals surface area contributed by atoms with E-state index in [0.717, 1.165) is 43.6 Å². The summed E-state index contributed by atoms with van der Waals surface area (Å²) in [5, 5.41) is 3.37. The summed E-state index contributed by atoms with van der Waals surface area (Å²) in [6, 6.07) is 24.3. The molecule has 3 saturated heterocycles. The lowest BCUT2D eigenvalue weighted by Crippen LogP contribution is -3.00. The fraction of sp³-hybridized carbons (Fsp3) is 0.375. The molecule has 3 fully saturated rings. The third-order valence-electron chi connectivity index (χ3n) is 8.31. The molecule has 0 amide bonds. The molecule has 0 aromatic heterocycles. The predicted octanol–water partition coefficient (Wildman–Crippen LogP) is 2.04. The van der Waals surface area contributed by atoms with E-state index in [-0.39, 0.29) is 34.8 Å². The first-order valence-electron chi connectivity index (χ1n) is 13.9. The van der Waals surface area contributed by atoms with Crippen molar-refractivity contribution in [1.29, 1.82) is 0 Å². The van der Waals surface area contributed by atoms with Gasteiger partial charge in [-0.05, 0) is 35.9 Å². The second-order valence-electron chi connectivity index (χ2n) is 10.9. The number of esters is 1. The minimum atomic E-state index is -0.610. The van der Waals surface area contributed by atoms with E-state index in [9.17, 15) is 9.59 Å². The molecule has 2 bridgehead atoms. The molecule has 4 aliphatic heterocycles. The van der Waals surface area contributed by atoms with Crippen molar-refractivity contribution in [2.24, 2.45) is 5.92 Å². The summed E-state index contributed by atoms with van der Waals surface area (Å²) >= 11 is 0. The van der Waals surface area contributed by atoms with Crippen LogP contribution in [0, 0.1) is 5.92 Å². The Bertz CT molecular complexity index is 1310. The van der Waals surface area contributed by atoms with Crippen LogP contribution in [0.1, 0.15) is 41.2 Å². The Morgan fingerprint density at radius 3 is 2.30 bits per heavy atom. The zero-order valence-corrected chi connectivity index (χ0v) is 24.1. The molecule has 7 rings (SSSR count). The normalized spacial score (nSPS) is 23.7. The maximum absolute atomic E-state index is 13.6. The van der Waals surface area contributed by atoms with Crippen LogP contribution in [-0.4, -0.2) is 61.7 Å². The van der Waals surface area contributed by atoms with Gasteiger partial charge in [-0.1, -0.05) is 48.5 Å². The highest BCUT2D eigenvalue weighted by Crippen LogP contribution is 2.37. The molecule has 1 N–H and O–H groups in total. The number of para-hydroxylation sites is 1. The average Bonchev–Trinajstić information content (AvgIpc) is 3.22. The first-order valence-corrected chi connectivity index (χ1v) is 13.9. The number of quaternary nitrogens is 1. The lowest BCUT2D eigenvalue weighted by atomic mass is 9.82. The molecular weight excluding hydrogens is 572 g/mol. The summed E-state index contributed by atoms with van der Waals surface area (Å²) in [5.41, 5.74) is 2.37. The van der Waals surface area contributed by atoms with Gasteiger partial charge >= 0.3 is 5.97 Å². The average molecular weight is 608 g/mol. The number of carbonyl (C=O) groups excluding carboxylic acids is 2. The van der Waals surface area contributed by atoms with Gasteiger partial charge in [0, 0.05) is 36.4 Å². The molecule has 0 saturated carbocycles. The van der Waals surface area contributed by atoms with E-state index >= 15 is 0 Å². The van der Waals surface area contributed by atoms with E-state index in [0.29, 0.717) is 53.8 Å². The van der Waals surface area contributed by atoms with Crippen LogP contribution in [0.25, 0.3) is 0 Å². The Morgan fingerprint density at radius 1 is 0.900 bits per heavy atom. The molecule has 0 aliphatic carbocycles. The number of nitrogens with zero attached hydrogens (tertiary/aromatic N) is 1. The van der Waals surface area contributed by atoms with E-state index in [4.69, 9.17) is 14.2 Å². The SMILES string of the molecule is O=C(C[N+]12CCC(CC1)[C@@H](OC(=O)[C@H](Nc1ccccc1)c1ccccc1)C2)c1ccc2c(c1)OCCCO2.[Br-]. The van der Waals surface area contributed by atoms with Crippen LogP contribution in [0.4, 0.5) is 5.69 Å². The van der Waals surface area contributed by atoms with Crippen molar-refractivity contribution in [3.63, 3.8) is 0 Å². The highest BCUT2D eigenvalue weighted by atomic mass is 79.9. The van der Waals surface area contributed by atoms with Gasteiger partial charge in [-0.3, -0.25) is 4.79 Å². The zero-order valence-electron chi connectivity index (χ0n) is 22.5. The quantitative estimate of drug-likeness (QED) is 0.240. The lowest BCUT2D eigenvalue weighted by Gasteiger charge is -2.51. The van der Waals surface area contributed by atoms with Crippen molar-refractivity contribution < 1.29 is 45.3 Å². The number of halogens is 1. The maximum Gasteiger partial charge on any atom is 0.333 e. The number of anilines is 1. The van der Waals surface area contributed by atoms with Crippen molar-refractivity contribution in [2.75, 3.05) is 44.7 Å². The van der Waals surface area contributed by atoms with Gasteiger partial charge in [0.05, 0.1) is 26.3 Å². The van der Waals surface area contributed by atoms with Gasteiger partial charge in [0.2, 0.25) is 5.78 Å². The van der Waals surface area contributed by atoms with E-state index in [2.05, 4.69) is 5.32 Å². The number of fused-ring (bicyclic) bond motifs is 4. The topological polar surface area (TPSA) is 73.9 Å². The molecule has 8 heteroatoms. The van der Waals surface area contributed by atoms with Crippen LogP contribution in [0.3, 0.4) is 0 Å². The van der Waals surface area contributed by atoms with Crippen molar-refractivity contribution in [3.05, 3.63) is 90.0 Å². The number of carbonyl (C=O) groups is 2. The summed E-state index contributed by atoms with van der Waals surface area (Å²) in [5.74, 6) is 1.47. The molecule has 4 heterocycles. The Hall–Kier alpha value is -3.36. The van der Waals surface area contributed by atoms with Crippen molar-refractivity contribution in [1.82, 2.24) is 0 Å². The number of rotatable bonds is 8. The fourth-order valence-corrected chi connectivity index (χ4v) is 6.15. The third kappa shape index (κ3) is 6.18. The number of benzene rings is 3. The minimum Gasteiger partial charge on any atom is -1.00 e. The zero-order chi connectivity index (χ0) is 26.7. The van der Waals surface area contributed by atoms with E-state index < -0.39 is 6.04 Å². The Labute approximate surface area is 245 Å². The Morgan fingerprint density at radius 2 is 1.57 bits per heavy atom. The van der Waals surface area contributed by atoms with E-state index in [1.165, 1.54) is 0 Å². The Kier molecular flexibility index (Phi) is 8.76. The molecule has 0 spiro atoms. The number of nitrogens with one attached hydrogen (secondary N) is 1. The number of ether oxygens (including phenoxy) is 3. The van der Waals surface area contributed by atoms with Gasteiger partial charge in [-0.25, -0.2) is 4.79 Å². The first kappa shape index (κ1) is 28.2. The largest absolute Gasteiger partial charge is 1.00 e. The molecule has 3 aromatic carbocycles. The third-order valence-corrected chi connectivity index (χ3v) is 8.31. The minimum absolute atomic E-state index is 0. The van der Waals surface area contributed by atoms with E-state index in [1.807, 2.05) is 78.9 Å². The first-order chi connectivity index (χ1) is 19.1. The van der Waals surface area contributed by atoms with Crippen LogP contribution in [0.2, 0.25) is 0 Å². The molecule has 210 valence electrons. The maximum atomic E-state index is 13.6. The number of hydrogen-bond donors (Lipinski definition) is 1. The van der Waals surface area contributed by atoms with Crippen molar-refractivity contribution in [2.45, 2.75) is 31.4 Å². The summed E-state index contributed by atoms with van der Waals surface area (Å²) < 4.78 is 18.4. The monoisotopic (exact) mass is 606 g/mol. The van der Waals surface area contributed by atoms with Gasteiger partial charge in [0.1, 0.15) is 13.1 Å². The number of Topliss-reactive ketones (excluding diaryl/α,β-unsaturated/α-hetero) is 1. The van der Waals surface area contributed by atoms with Crippen LogP contribution < -0.4 is 31.8 Å². The van der Waals surface area contributed by atoms with Gasteiger partial charge in [-0.2, -0.15) is 0 Å². The molecule has 40 heavy (non-hydrogen) atoms. The van der Waals surface area contributed by atoms with Gasteiger partial charge in [-0.15, -0.1) is 0 Å². The standard InChI is InChI=1S/C32H35N2O5.BrH/c35-27(25-12-13-28-29(20-25)38-19-7-18-37-28)21-34-16-14-23(15-17-34)30(22-34)39-32(36)31(24-8-3-1-4-9-24)33-26-10-5-2-6-11-26;/h1-6,8-13,20,23,30-31,33H,7,14-19,21-22H2;1H/q+1;/p-1/t23?,30-,31+,34?;/m0./s1. The Balaban J connectivity index is 0.00000323. The smallest absolute Gasteiger partial charge is 0.333 e. The van der Waals surface area contributed by atoms with Gasteiger partial charge in [0.15, 0.2) is 23.6 Å². The van der Waals surface area contributed by atoms with Crippen LogP contribution in [-0.2, 0) is 9.53 Å². The molecule has 3 aromatic rings. The highest BCUT2D eigenvalue weighted by molar-refractivity contribution is 5.97. The fourth-order valence-electron chi connectivity index (χ4n) is 6.15. The number of piperidine rings is 3. The molecular formula is C32H35BrN2O5. The van der Waals surface area contributed by atoms with Crippen molar-refractivity contribution >= 4 is 17.4 Å².